The Morgan fingerprint density at radius 3 is 2.52 bits per heavy atom. The van der Waals surface area contributed by atoms with Gasteiger partial charge in [-0.25, -0.2) is 4.79 Å². The average molecular weight is 403 g/mol. The standard InChI is InChI=1S/C16H14N6O3S2/c1-10(12-7-4-5-9-17-12)18-19-15(26)20-21-16(25)22(27)13-8-3-2-6-11(13)14(23)24/h2-9H,1H3,(H3-,17,18,19,20,21,23,24,25,26,27)/p+1. The zero-order valence-corrected chi connectivity index (χ0v) is 15.7. The number of hydrazone groups is 1. The molecule has 0 bridgehead atoms. The molecule has 0 unspecified atom stereocenters. The maximum atomic E-state index is 12.1. The molecule has 0 saturated heterocycles. The maximum Gasteiger partial charge on any atom is 0.532 e. The number of pyridine rings is 1. The maximum absolute atomic E-state index is 12.1. The van der Waals surface area contributed by atoms with Crippen molar-refractivity contribution in [1.82, 2.24) is 21.3 Å². The summed E-state index contributed by atoms with van der Waals surface area (Å²) in [4.78, 5) is 27.5. The van der Waals surface area contributed by atoms with Gasteiger partial charge in [0.2, 0.25) is 5.11 Å². The Morgan fingerprint density at radius 1 is 1.15 bits per heavy atom. The molecule has 0 saturated carbocycles. The van der Waals surface area contributed by atoms with Crippen LogP contribution in [0.1, 0.15) is 23.0 Å². The molecule has 1 aromatic heterocycles. The number of nitrogens with zero attached hydrogens (tertiary/aromatic N) is 3. The van der Waals surface area contributed by atoms with Crippen LogP contribution in [-0.2, 0) is 12.4 Å². The number of hydrazine groups is 1. The number of hydrogen-bond donors (Lipinski definition) is 4. The van der Waals surface area contributed by atoms with Gasteiger partial charge in [-0.05, 0) is 43.4 Å². The number of thiocarbonyl (C=S) groups is 1. The molecule has 0 aliphatic carbocycles. The molecule has 11 heteroatoms. The van der Waals surface area contributed by atoms with Crippen molar-refractivity contribution < 1.29 is 18.6 Å². The molecule has 2 rings (SSSR count). The SMILES string of the molecule is CC(=NNC(=S)NNC(=O)[N+](=S)c1ccccc1C(=O)O)c1ccccn1. The fourth-order valence-electron chi connectivity index (χ4n) is 1.90. The highest BCUT2D eigenvalue weighted by atomic mass is 32.1. The molecule has 138 valence electrons. The fourth-order valence-corrected chi connectivity index (χ4v) is 2.20. The molecule has 2 amide bonds. The number of carbonyl (C=O) groups excluding carboxylic acids is 1. The summed E-state index contributed by atoms with van der Waals surface area (Å²) >= 11 is 9.97. The lowest BCUT2D eigenvalue weighted by atomic mass is 10.2. The lowest BCUT2D eigenvalue weighted by Gasteiger charge is -2.06. The van der Waals surface area contributed by atoms with Crippen LogP contribution in [0, 0.1) is 0 Å². The third-order valence-electron chi connectivity index (χ3n) is 3.18. The molecule has 0 aliphatic heterocycles. The number of carbonyl (C=O) groups is 2. The minimum atomic E-state index is -1.20. The topological polar surface area (TPSA) is 119 Å². The molecule has 2 aromatic rings. The van der Waals surface area contributed by atoms with Crippen LogP contribution in [0.15, 0.2) is 53.8 Å². The Hall–Kier alpha value is -3.31. The zero-order chi connectivity index (χ0) is 19.8. The molecule has 0 aliphatic rings. The van der Waals surface area contributed by atoms with E-state index >= 15 is 0 Å². The number of aromatic nitrogens is 1. The van der Waals surface area contributed by atoms with E-state index in [1.165, 1.54) is 18.2 Å². The second-order valence-corrected chi connectivity index (χ2v) is 5.80. The first-order valence-electron chi connectivity index (χ1n) is 7.51. The molecule has 0 fully saturated rings. The Kier molecular flexibility index (Phi) is 6.97. The van der Waals surface area contributed by atoms with Crippen molar-refractivity contribution in [3.05, 3.63) is 59.9 Å². The molecule has 1 heterocycles. The van der Waals surface area contributed by atoms with Crippen LogP contribution in [0.5, 0.6) is 0 Å². The smallest absolute Gasteiger partial charge is 0.478 e. The lowest BCUT2D eigenvalue weighted by molar-refractivity contribution is -0.300. The summed E-state index contributed by atoms with van der Waals surface area (Å²) in [6.45, 7) is 1.74. The number of amides is 2. The second kappa shape index (κ2) is 9.40. The van der Waals surface area contributed by atoms with Gasteiger partial charge in [0, 0.05) is 6.20 Å². The van der Waals surface area contributed by atoms with Crippen molar-refractivity contribution in [3.8, 4) is 0 Å². The van der Waals surface area contributed by atoms with Gasteiger partial charge < -0.3 is 5.11 Å². The summed E-state index contributed by atoms with van der Waals surface area (Å²) in [5.41, 5.74) is 8.45. The summed E-state index contributed by atoms with van der Waals surface area (Å²) in [5, 5.41) is 13.2. The van der Waals surface area contributed by atoms with Crippen molar-refractivity contribution >= 4 is 53.2 Å². The summed E-state index contributed by atoms with van der Waals surface area (Å²) < 4.78 is 0.738. The predicted molar refractivity (Wildman–Crippen MR) is 105 cm³/mol. The third kappa shape index (κ3) is 5.59. The number of urea groups is 1. The molecule has 27 heavy (non-hydrogen) atoms. The molecule has 0 radical (unpaired) electrons. The Labute approximate surface area is 165 Å². The van der Waals surface area contributed by atoms with Gasteiger partial charge in [0.15, 0.2) is 18.1 Å². The Balaban J connectivity index is 1.92. The van der Waals surface area contributed by atoms with Crippen molar-refractivity contribution in [2.45, 2.75) is 6.92 Å². The normalized spacial score (nSPS) is 10.6. The number of carboxylic acid groups (broad SMARTS) is 1. The van der Waals surface area contributed by atoms with E-state index in [4.69, 9.17) is 29.7 Å². The molecule has 4 N–H and O–H groups in total. The molecular weight excluding hydrogens is 388 g/mol. The summed E-state index contributed by atoms with van der Waals surface area (Å²) in [6.07, 6.45) is 1.64. The predicted octanol–water partition coefficient (Wildman–Crippen LogP) is 1.67. The van der Waals surface area contributed by atoms with E-state index in [2.05, 4.69) is 26.4 Å². The number of rotatable bonds is 4. The lowest BCUT2D eigenvalue weighted by Crippen LogP contribution is -2.47. The molecule has 0 atom stereocenters. The summed E-state index contributed by atoms with van der Waals surface area (Å²) in [7, 11) is 0. The van der Waals surface area contributed by atoms with Crippen LogP contribution in [0.3, 0.4) is 0 Å². The van der Waals surface area contributed by atoms with E-state index < -0.39 is 12.0 Å². The molecular formula is C16H15N6O3S2+. The highest BCUT2D eigenvalue weighted by Gasteiger charge is 2.24. The van der Waals surface area contributed by atoms with Crippen LogP contribution in [0.2, 0.25) is 0 Å². The van der Waals surface area contributed by atoms with Crippen molar-refractivity contribution in [2.24, 2.45) is 5.10 Å². The monoisotopic (exact) mass is 403 g/mol. The van der Waals surface area contributed by atoms with Gasteiger partial charge in [0.25, 0.3) is 0 Å². The number of carboxylic acids is 1. The van der Waals surface area contributed by atoms with E-state index in [0.717, 1.165) is 3.95 Å². The van der Waals surface area contributed by atoms with Crippen molar-refractivity contribution in [3.63, 3.8) is 0 Å². The van der Waals surface area contributed by atoms with Gasteiger partial charge in [0.1, 0.15) is 5.56 Å². The van der Waals surface area contributed by atoms with Crippen LogP contribution < -0.4 is 16.3 Å². The number of benzene rings is 1. The Bertz CT molecular complexity index is 917. The first kappa shape index (κ1) is 20.0. The molecule has 1 aromatic carbocycles. The van der Waals surface area contributed by atoms with E-state index in [-0.39, 0.29) is 16.4 Å². The van der Waals surface area contributed by atoms with E-state index in [9.17, 15) is 9.59 Å². The molecule has 0 spiro atoms. The number of aromatic carboxylic acids is 1. The van der Waals surface area contributed by atoms with E-state index in [1.54, 1.807) is 31.3 Å². The average Bonchev–Trinajstić information content (AvgIpc) is 2.70. The number of para-hydroxylation sites is 1. The largest absolute Gasteiger partial charge is 0.532 e. The van der Waals surface area contributed by atoms with Crippen LogP contribution in [-0.4, -0.2) is 36.9 Å². The number of nitrogens with one attached hydrogen (secondary N) is 3. The first-order chi connectivity index (χ1) is 12.9. The summed E-state index contributed by atoms with van der Waals surface area (Å²) in [6, 6.07) is 10.5. The quantitative estimate of drug-likeness (QED) is 0.263. The van der Waals surface area contributed by atoms with E-state index in [0.29, 0.717) is 11.4 Å². The van der Waals surface area contributed by atoms with Gasteiger partial charge >= 0.3 is 12.0 Å². The zero-order valence-electron chi connectivity index (χ0n) is 14.0. The van der Waals surface area contributed by atoms with Crippen molar-refractivity contribution in [1.29, 1.82) is 0 Å². The van der Waals surface area contributed by atoms with Gasteiger partial charge in [-0.2, -0.15) is 15.3 Å². The van der Waals surface area contributed by atoms with Gasteiger partial charge in [-0.3, -0.25) is 10.4 Å². The van der Waals surface area contributed by atoms with Crippen molar-refractivity contribution in [2.75, 3.05) is 0 Å². The fraction of sp³-hybridized carbons (Fsp3) is 0.0625. The van der Waals surface area contributed by atoms with Crippen LogP contribution in [0.25, 0.3) is 0 Å². The van der Waals surface area contributed by atoms with E-state index in [1.807, 2.05) is 6.07 Å². The Morgan fingerprint density at radius 2 is 1.85 bits per heavy atom. The molecule has 9 nitrogen and oxygen atoms in total. The van der Waals surface area contributed by atoms with Crippen LogP contribution in [0.4, 0.5) is 10.5 Å². The van der Waals surface area contributed by atoms with Gasteiger partial charge in [-0.15, -0.1) is 5.43 Å². The van der Waals surface area contributed by atoms with Crippen LogP contribution >= 0.6 is 12.2 Å². The minimum Gasteiger partial charge on any atom is -0.478 e. The highest BCUT2D eigenvalue weighted by Crippen LogP contribution is 2.17. The second-order valence-electron chi connectivity index (χ2n) is 5.02. The minimum absolute atomic E-state index is 0.00792. The van der Waals surface area contributed by atoms with Gasteiger partial charge in [-0.1, -0.05) is 22.1 Å². The first-order valence-corrected chi connectivity index (χ1v) is 8.28. The summed E-state index contributed by atoms with van der Waals surface area (Å²) in [5.74, 6) is -1.20. The van der Waals surface area contributed by atoms with Gasteiger partial charge in [0.05, 0.1) is 11.4 Å². The highest BCUT2D eigenvalue weighted by molar-refractivity contribution is 7.80. The third-order valence-corrected chi connectivity index (χ3v) is 3.74. The number of hydrogen-bond acceptors (Lipinski definition) is 6.